The molecule has 1 aromatic heterocycles. The van der Waals surface area contributed by atoms with Gasteiger partial charge in [-0.15, -0.1) is 4.68 Å². The molecular formula is C17H17N4O+. The summed E-state index contributed by atoms with van der Waals surface area (Å²) in [5, 5.41) is 1.65. The smallest absolute Gasteiger partial charge is 0.266 e. The first-order chi connectivity index (χ1) is 10.7. The van der Waals surface area contributed by atoms with Crippen molar-refractivity contribution >= 4 is 23.5 Å². The highest BCUT2D eigenvalue weighted by Crippen LogP contribution is 2.20. The number of hydrogen-bond acceptors (Lipinski definition) is 3. The Labute approximate surface area is 129 Å². The molecule has 1 atom stereocenters. The minimum Gasteiger partial charge on any atom is -0.266 e. The van der Waals surface area contributed by atoms with E-state index in [2.05, 4.69) is 9.98 Å². The molecule has 1 aliphatic rings. The highest BCUT2D eigenvalue weighted by Gasteiger charge is 2.44. The van der Waals surface area contributed by atoms with Crippen LogP contribution < -0.4 is 5.01 Å². The fourth-order valence-electron chi connectivity index (χ4n) is 2.42. The van der Waals surface area contributed by atoms with Crippen molar-refractivity contribution in [2.75, 3.05) is 12.1 Å². The van der Waals surface area contributed by atoms with Crippen LogP contribution in [0, 0.1) is 0 Å². The second-order valence-corrected chi connectivity index (χ2v) is 5.09. The maximum atomic E-state index is 12.7. The van der Waals surface area contributed by atoms with Crippen LogP contribution in [0.4, 0.5) is 5.69 Å². The SMILES string of the molecule is CC1=[N+](C)N(c2ccccc2)C(=O)[C@@H]1N=Cc1ccccn1. The number of hydrogen-bond donors (Lipinski definition) is 0. The third-order valence-corrected chi connectivity index (χ3v) is 3.69. The minimum absolute atomic E-state index is 0.0571. The van der Waals surface area contributed by atoms with Gasteiger partial charge in [0.1, 0.15) is 5.69 Å². The normalized spacial score (nSPS) is 18.5. The fraction of sp³-hybridized carbons (Fsp3) is 0.176. The highest BCUT2D eigenvalue weighted by atomic mass is 16.2. The Morgan fingerprint density at radius 1 is 1.18 bits per heavy atom. The number of benzene rings is 1. The Bertz CT molecular complexity index is 738. The standard InChI is InChI=1S/C17H17N4O/c1-13-16(19-12-14-8-6-7-11-18-14)17(22)21(20(13)2)15-9-4-3-5-10-15/h3-12,16H,1-2H3/q+1/t16-/m1/s1. The lowest BCUT2D eigenvalue weighted by Crippen LogP contribution is -2.35. The lowest BCUT2D eigenvalue weighted by atomic mass is 10.2. The van der Waals surface area contributed by atoms with Gasteiger partial charge < -0.3 is 0 Å². The summed E-state index contributed by atoms with van der Waals surface area (Å²) >= 11 is 0. The Balaban J connectivity index is 1.89. The van der Waals surface area contributed by atoms with Crippen LogP contribution in [0.25, 0.3) is 0 Å². The van der Waals surface area contributed by atoms with Crippen LogP contribution in [0.5, 0.6) is 0 Å². The molecule has 0 bridgehead atoms. The van der Waals surface area contributed by atoms with Crippen LogP contribution in [0.3, 0.4) is 0 Å². The minimum atomic E-state index is -0.507. The van der Waals surface area contributed by atoms with Crippen LogP contribution in [-0.2, 0) is 4.79 Å². The van der Waals surface area contributed by atoms with Gasteiger partial charge in [0.25, 0.3) is 0 Å². The molecule has 110 valence electrons. The van der Waals surface area contributed by atoms with Crippen molar-refractivity contribution in [3.05, 3.63) is 60.4 Å². The zero-order valence-corrected chi connectivity index (χ0v) is 12.5. The molecule has 22 heavy (non-hydrogen) atoms. The monoisotopic (exact) mass is 293 g/mol. The zero-order valence-electron chi connectivity index (χ0n) is 12.5. The number of hydrazine groups is 1. The number of nitrogens with zero attached hydrogens (tertiary/aromatic N) is 4. The molecule has 1 amide bonds. The Kier molecular flexibility index (Phi) is 3.78. The van der Waals surface area contributed by atoms with E-state index in [0.717, 1.165) is 17.1 Å². The number of anilines is 1. The molecule has 0 fully saturated rings. The molecule has 0 saturated carbocycles. The second-order valence-electron chi connectivity index (χ2n) is 5.09. The maximum Gasteiger partial charge on any atom is 0.318 e. The van der Waals surface area contributed by atoms with Crippen molar-refractivity contribution in [2.24, 2.45) is 4.99 Å². The molecule has 0 radical (unpaired) electrons. The molecular weight excluding hydrogens is 276 g/mol. The van der Waals surface area contributed by atoms with E-state index >= 15 is 0 Å². The molecule has 0 aliphatic carbocycles. The summed E-state index contributed by atoms with van der Waals surface area (Å²) in [4.78, 5) is 21.3. The number of pyridine rings is 1. The van der Waals surface area contributed by atoms with Gasteiger partial charge in [-0.25, -0.2) is 0 Å². The lowest BCUT2D eigenvalue weighted by molar-refractivity contribution is -0.495. The summed E-state index contributed by atoms with van der Waals surface area (Å²) < 4.78 is 1.85. The summed E-state index contributed by atoms with van der Waals surface area (Å²) in [5.41, 5.74) is 2.47. The highest BCUT2D eigenvalue weighted by molar-refractivity contribution is 6.15. The molecule has 2 aromatic rings. The van der Waals surface area contributed by atoms with Crippen LogP contribution in [-0.4, -0.2) is 40.6 Å². The molecule has 2 heterocycles. The molecule has 0 N–H and O–H groups in total. The largest absolute Gasteiger partial charge is 0.318 e. The van der Waals surface area contributed by atoms with Gasteiger partial charge >= 0.3 is 5.91 Å². The van der Waals surface area contributed by atoms with Crippen molar-refractivity contribution in [3.63, 3.8) is 0 Å². The van der Waals surface area contributed by atoms with Crippen molar-refractivity contribution in [1.29, 1.82) is 0 Å². The van der Waals surface area contributed by atoms with Crippen molar-refractivity contribution in [1.82, 2.24) is 4.98 Å². The lowest BCUT2D eigenvalue weighted by Gasteiger charge is -2.10. The van der Waals surface area contributed by atoms with Crippen molar-refractivity contribution < 1.29 is 9.48 Å². The van der Waals surface area contributed by atoms with Crippen LogP contribution in [0.15, 0.2) is 59.7 Å². The van der Waals surface area contributed by atoms with Gasteiger partial charge in [0.05, 0.1) is 5.69 Å². The maximum absolute atomic E-state index is 12.7. The summed E-state index contributed by atoms with van der Waals surface area (Å²) in [7, 11) is 1.87. The summed E-state index contributed by atoms with van der Waals surface area (Å²) in [5.74, 6) is -0.0571. The van der Waals surface area contributed by atoms with Crippen molar-refractivity contribution in [3.8, 4) is 0 Å². The second kappa shape index (κ2) is 5.89. The number of carbonyl (C=O) groups is 1. The van der Waals surface area contributed by atoms with E-state index in [-0.39, 0.29) is 5.91 Å². The number of aliphatic imine (C=N–C) groups is 1. The Morgan fingerprint density at radius 3 is 2.59 bits per heavy atom. The number of hydrazone groups is 1. The van der Waals surface area contributed by atoms with E-state index in [0.29, 0.717) is 0 Å². The predicted molar refractivity (Wildman–Crippen MR) is 86.4 cm³/mol. The number of amides is 1. The predicted octanol–water partition coefficient (Wildman–Crippen LogP) is 1.93. The number of aromatic nitrogens is 1. The Hall–Kier alpha value is -2.82. The van der Waals surface area contributed by atoms with Gasteiger partial charge in [0.15, 0.2) is 7.05 Å². The van der Waals surface area contributed by atoms with Gasteiger partial charge in [0.2, 0.25) is 11.8 Å². The van der Waals surface area contributed by atoms with Gasteiger partial charge in [-0.05, 0) is 24.3 Å². The summed E-state index contributed by atoms with van der Waals surface area (Å²) in [6, 6.07) is 14.7. The zero-order chi connectivity index (χ0) is 15.5. The van der Waals surface area contributed by atoms with Crippen molar-refractivity contribution in [2.45, 2.75) is 13.0 Å². The Morgan fingerprint density at radius 2 is 1.91 bits per heavy atom. The molecule has 0 saturated heterocycles. The topological polar surface area (TPSA) is 48.6 Å². The fourth-order valence-corrected chi connectivity index (χ4v) is 2.42. The average molecular weight is 293 g/mol. The van der Waals surface area contributed by atoms with Crippen LogP contribution in [0.2, 0.25) is 0 Å². The van der Waals surface area contributed by atoms with Gasteiger partial charge in [-0.2, -0.15) is 0 Å². The summed E-state index contributed by atoms with van der Waals surface area (Å²) in [6.45, 7) is 1.92. The number of para-hydroxylation sites is 1. The van der Waals surface area contributed by atoms with Gasteiger partial charge in [0, 0.05) is 19.3 Å². The van der Waals surface area contributed by atoms with E-state index in [9.17, 15) is 4.79 Å². The summed E-state index contributed by atoms with van der Waals surface area (Å²) in [6.07, 6.45) is 3.35. The van der Waals surface area contributed by atoms with Crippen LogP contribution >= 0.6 is 0 Å². The molecule has 3 rings (SSSR count). The van der Waals surface area contributed by atoms with E-state index in [1.807, 2.05) is 67.2 Å². The molecule has 0 unspecified atom stereocenters. The molecule has 5 nitrogen and oxygen atoms in total. The molecule has 1 aliphatic heterocycles. The van der Waals surface area contributed by atoms with E-state index in [4.69, 9.17) is 0 Å². The average Bonchev–Trinajstić information content (AvgIpc) is 2.77. The third kappa shape index (κ3) is 2.53. The number of rotatable bonds is 3. The first-order valence-corrected chi connectivity index (χ1v) is 7.09. The molecule has 1 aromatic carbocycles. The van der Waals surface area contributed by atoms with E-state index in [1.165, 1.54) is 0 Å². The molecule has 0 spiro atoms. The van der Waals surface area contributed by atoms with E-state index < -0.39 is 6.04 Å². The van der Waals surface area contributed by atoms with Gasteiger partial charge in [-0.3, -0.25) is 14.8 Å². The third-order valence-electron chi connectivity index (χ3n) is 3.69. The first-order valence-electron chi connectivity index (χ1n) is 7.09. The first kappa shape index (κ1) is 14.1. The van der Waals surface area contributed by atoms with Crippen LogP contribution in [0.1, 0.15) is 12.6 Å². The molecule has 5 heteroatoms. The number of carbonyl (C=O) groups excluding carboxylic acids is 1. The quantitative estimate of drug-likeness (QED) is 0.641. The van der Waals surface area contributed by atoms with Gasteiger partial charge in [-0.1, -0.05) is 29.3 Å². The van der Waals surface area contributed by atoms with E-state index in [1.54, 1.807) is 17.4 Å².